The lowest BCUT2D eigenvalue weighted by Gasteiger charge is -2.19. The Morgan fingerprint density at radius 3 is 3.00 bits per heavy atom. The van der Waals surface area contributed by atoms with Crippen molar-refractivity contribution < 1.29 is 4.39 Å². The normalized spacial score (nSPS) is 18.1. The standard InChI is InChI=1S/C16H15FN2S2/c1-9(2)15-14(19-5-4-18-16(19)21-15)12-7-10(17)8-13-11(12)3-6-20-13/h3,6-9H,4-5H2,1-2H3. The third-order valence-electron chi connectivity index (χ3n) is 3.82. The summed E-state index contributed by atoms with van der Waals surface area (Å²) in [6.45, 7) is 6.11. The van der Waals surface area contributed by atoms with E-state index in [1.165, 1.54) is 4.91 Å². The molecule has 2 aliphatic rings. The van der Waals surface area contributed by atoms with Crippen molar-refractivity contribution in [1.82, 2.24) is 4.90 Å². The Bertz CT molecular complexity index is 789. The van der Waals surface area contributed by atoms with Gasteiger partial charge in [-0.3, -0.25) is 4.99 Å². The largest absolute Gasteiger partial charge is 0.318 e. The van der Waals surface area contributed by atoms with Crippen LogP contribution in [0.2, 0.25) is 0 Å². The van der Waals surface area contributed by atoms with Gasteiger partial charge in [-0.25, -0.2) is 4.39 Å². The van der Waals surface area contributed by atoms with Gasteiger partial charge in [0.25, 0.3) is 0 Å². The Balaban J connectivity index is 1.99. The summed E-state index contributed by atoms with van der Waals surface area (Å²) in [6.07, 6.45) is 0. The van der Waals surface area contributed by atoms with Crippen LogP contribution in [0.25, 0.3) is 15.8 Å². The summed E-state index contributed by atoms with van der Waals surface area (Å²) in [6, 6.07) is 5.39. The molecule has 0 saturated carbocycles. The first-order chi connectivity index (χ1) is 10.1. The number of amidine groups is 1. The van der Waals surface area contributed by atoms with Crippen LogP contribution in [-0.2, 0) is 0 Å². The van der Waals surface area contributed by atoms with E-state index in [-0.39, 0.29) is 5.82 Å². The van der Waals surface area contributed by atoms with Crippen LogP contribution in [0, 0.1) is 11.7 Å². The van der Waals surface area contributed by atoms with Crippen molar-refractivity contribution in [2.24, 2.45) is 10.9 Å². The van der Waals surface area contributed by atoms with Crippen molar-refractivity contribution in [3.63, 3.8) is 0 Å². The Kier molecular flexibility index (Phi) is 3.08. The number of thioether (sulfide) groups is 1. The lowest BCUT2D eigenvalue weighted by molar-refractivity contribution is 0.623. The number of rotatable bonds is 2. The molecule has 0 saturated heterocycles. The van der Waals surface area contributed by atoms with Gasteiger partial charge in [0.15, 0.2) is 5.17 Å². The summed E-state index contributed by atoms with van der Waals surface area (Å²) < 4.78 is 15.0. The van der Waals surface area contributed by atoms with Gasteiger partial charge >= 0.3 is 0 Å². The van der Waals surface area contributed by atoms with Crippen molar-refractivity contribution in [3.05, 3.63) is 39.9 Å². The lowest BCUT2D eigenvalue weighted by Crippen LogP contribution is -2.20. The molecule has 0 bridgehead atoms. The number of allylic oxidation sites excluding steroid dienone is 1. The van der Waals surface area contributed by atoms with Crippen LogP contribution in [0.4, 0.5) is 4.39 Å². The second kappa shape index (κ2) is 4.85. The smallest absolute Gasteiger partial charge is 0.168 e. The summed E-state index contributed by atoms with van der Waals surface area (Å²) >= 11 is 3.34. The van der Waals surface area contributed by atoms with E-state index in [2.05, 4.69) is 29.8 Å². The summed E-state index contributed by atoms with van der Waals surface area (Å²) in [4.78, 5) is 8.12. The topological polar surface area (TPSA) is 15.6 Å². The number of halogens is 1. The van der Waals surface area contributed by atoms with Crippen LogP contribution in [0.3, 0.4) is 0 Å². The molecule has 0 atom stereocenters. The Labute approximate surface area is 131 Å². The van der Waals surface area contributed by atoms with Crippen LogP contribution < -0.4 is 0 Å². The maximum absolute atomic E-state index is 14.0. The predicted octanol–water partition coefficient (Wildman–Crippen LogP) is 4.78. The van der Waals surface area contributed by atoms with Gasteiger partial charge < -0.3 is 4.90 Å². The number of hydrogen-bond acceptors (Lipinski definition) is 4. The van der Waals surface area contributed by atoms with Crippen LogP contribution in [0.15, 0.2) is 33.5 Å². The molecule has 2 aromatic rings. The van der Waals surface area contributed by atoms with Crippen LogP contribution in [0.5, 0.6) is 0 Å². The van der Waals surface area contributed by atoms with Crippen molar-refractivity contribution in [1.29, 1.82) is 0 Å². The number of hydrogen-bond donors (Lipinski definition) is 0. The van der Waals surface area contributed by atoms with Crippen LogP contribution in [-0.4, -0.2) is 23.2 Å². The van der Waals surface area contributed by atoms with Crippen molar-refractivity contribution in [2.75, 3.05) is 13.1 Å². The molecule has 1 aromatic heterocycles. The highest BCUT2D eigenvalue weighted by atomic mass is 32.2. The molecule has 3 heterocycles. The quantitative estimate of drug-likeness (QED) is 0.791. The number of aliphatic imine (C=N–C) groups is 1. The van der Waals surface area contributed by atoms with Crippen molar-refractivity contribution in [3.8, 4) is 0 Å². The van der Waals surface area contributed by atoms with Gasteiger partial charge in [-0.1, -0.05) is 25.6 Å². The first kappa shape index (κ1) is 13.3. The second-order valence-electron chi connectivity index (χ2n) is 5.57. The average Bonchev–Trinajstić information content (AvgIpc) is 3.11. The van der Waals surface area contributed by atoms with Gasteiger partial charge in [-0.15, -0.1) is 11.3 Å². The van der Waals surface area contributed by atoms with E-state index >= 15 is 0 Å². The van der Waals surface area contributed by atoms with Gasteiger partial charge in [-0.05, 0) is 29.5 Å². The van der Waals surface area contributed by atoms with Crippen molar-refractivity contribution in [2.45, 2.75) is 13.8 Å². The Morgan fingerprint density at radius 1 is 1.33 bits per heavy atom. The highest BCUT2D eigenvalue weighted by Gasteiger charge is 2.34. The van der Waals surface area contributed by atoms with Gasteiger partial charge in [0.1, 0.15) is 5.82 Å². The van der Waals surface area contributed by atoms with E-state index in [1.54, 1.807) is 35.2 Å². The van der Waals surface area contributed by atoms with Crippen LogP contribution >= 0.6 is 23.1 Å². The molecular formula is C16H15FN2S2. The molecule has 0 amide bonds. The highest BCUT2D eigenvalue weighted by molar-refractivity contribution is 8.17. The van der Waals surface area contributed by atoms with Crippen molar-refractivity contribution >= 4 is 44.0 Å². The lowest BCUT2D eigenvalue weighted by atomic mass is 10.0. The minimum atomic E-state index is -0.162. The van der Waals surface area contributed by atoms with Gasteiger partial charge in [0.2, 0.25) is 0 Å². The molecule has 5 heteroatoms. The highest BCUT2D eigenvalue weighted by Crippen LogP contribution is 2.46. The van der Waals surface area contributed by atoms with E-state index in [0.717, 1.165) is 39.6 Å². The molecule has 108 valence electrons. The molecule has 0 aliphatic carbocycles. The summed E-state index contributed by atoms with van der Waals surface area (Å²) in [5.74, 6) is 0.250. The maximum atomic E-state index is 14.0. The number of thiophene rings is 1. The average molecular weight is 318 g/mol. The molecule has 4 rings (SSSR count). The number of fused-ring (bicyclic) bond motifs is 2. The van der Waals surface area contributed by atoms with E-state index in [0.29, 0.717) is 5.92 Å². The fourth-order valence-electron chi connectivity index (χ4n) is 2.90. The zero-order valence-corrected chi connectivity index (χ0v) is 13.5. The molecule has 0 unspecified atom stereocenters. The van der Waals surface area contributed by atoms with Gasteiger partial charge in [0.05, 0.1) is 12.2 Å². The van der Waals surface area contributed by atoms with Crippen LogP contribution in [0.1, 0.15) is 19.4 Å². The van der Waals surface area contributed by atoms with E-state index < -0.39 is 0 Å². The molecule has 0 N–H and O–H groups in total. The summed E-state index contributed by atoms with van der Waals surface area (Å²) in [5.41, 5.74) is 2.17. The first-order valence-corrected chi connectivity index (χ1v) is 8.76. The molecule has 0 fully saturated rings. The van der Waals surface area contributed by atoms with Gasteiger partial charge in [-0.2, -0.15) is 0 Å². The molecule has 21 heavy (non-hydrogen) atoms. The fourth-order valence-corrected chi connectivity index (χ4v) is 4.94. The molecule has 0 radical (unpaired) electrons. The molecule has 0 spiro atoms. The zero-order chi connectivity index (χ0) is 14.6. The minimum Gasteiger partial charge on any atom is -0.318 e. The molecular weight excluding hydrogens is 303 g/mol. The SMILES string of the molecule is CC(C)C1=C(c2cc(F)cc3sccc23)N2CCN=C2S1. The zero-order valence-electron chi connectivity index (χ0n) is 11.9. The monoisotopic (exact) mass is 318 g/mol. The van der Waals surface area contributed by atoms with E-state index in [9.17, 15) is 4.39 Å². The third-order valence-corrected chi connectivity index (χ3v) is 6.10. The first-order valence-electron chi connectivity index (χ1n) is 7.06. The van der Waals surface area contributed by atoms with E-state index in [4.69, 9.17) is 0 Å². The second-order valence-corrected chi connectivity index (χ2v) is 7.53. The summed E-state index contributed by atoms with van der Waals surface area (Å²) in [5, 5.41) is 4.24. The van der Waals surface area contributed by atoms with E-state index in [1.807, 2.05) is 5.38 Å². The maximum Gasteiger partial charge on any atom is 0.168 e. The fraction of sp³-hybridized carbons (Fsp3) is 0.312. The third kappa shape index (κ3) is 2.02. The number of nitrogens with zero attached hydrogens (tertiary/aromatic N) is 2. The predicted molar refractivity (Wildman–Crippen MR) is 90.1 cm³/mol. The Morgan fingerprint density at radius 2 is 2.19 bits per heavy atom. The molecule has 2 nitrogen and oxygen atoms in total. The Hall–Kier alpha value is -1.33. The number of benzene rings is 1. The summed E-state index contributed by atoms with van der Waals surface area (Å²) in [7, 11) is 0. The molecule has 1 aromatic carbocycles. The molecule has 2 aliphatic heterocycles. The minimum absolute atomic E-state index is 0.162. The van der Waals surface area contributed by atoms with Gasteiger partial charge in [0, 0.05) is 27.1 Å².